The van der Waals surface area contributed by atoms with E-state index in [2.05, 4.69) is 34.5 Å². The molecular weight excluding hydrogens is 408 g/mol. The quantitative estimate of drug-likeness (QED) is 0.534. The molecule has 1 N–H and O–H groups in total. The first-order chi connectivity index (χ1) is 14.4. The number of morpholine rings is 1. The van der Waals surface area contributed by atoms with Crippen molar-refractivity contribution in [3.63, 3.8) is 0 Å². The molecule has 2 aromatic rings. The number of nitrogens with one attached hydrogen (secondary N) is 1. The van der Waals surface area contributed by atoms with Crippen molar-refractivity contribution in [1.29, 1.82) is 0 Å². The number of carbonyl (C=O) groups is 1. The van der Waals surface area contributed by atoms with Crippen LogP contribution in [0.25, 0.3) is 0 Å². The van der Waals surface area contributed by atoms with E-state index in [0.717, 1.165) is 24.3 Å². The Balaban J connectivity index is 1.76. The molecule has 0 bridgehead atoms. The molecule has 0 saturated carbocycles. The number of anilines is 1. The minimum absolute atomic E-state index is 0.0223. The predicted octanol–water partition coefficient (Wildman–Crippen LogP) is 3.12. The van der Waals surface area contributed by atoms with E-state index in [0.29, 0.717) is 19.8 Å². The summed E-state index contributed by atoms with van der Waals surface area (Å²) in [5.74, 6) is -0.363. The molecule has 1 atom stereocenters. The van der Waals surface area contributed by atoms with Gasteiger partial charge in [-0.25, -0.2) is 0 Å². The fourth-order valence-corrected chi connectivity index (χ4v) is 3.69. The number of rotatable bonds is 7. The normalized spacial score (nSPS) is 15.4. The Morgan fingerprint density at radius 2 is 1.90 bits per heavy atom. The van der Waals surface area contributed by atoms with Gasteiger partial charge >= 0.3 is 0 Å². The van der Waals surface area contributed by atoms with Crippen LogP contribution in [0.4, 0.5) is 11.4 Å². The van der Waals surface area contributed by atoms with Gasteiger partial charge in [-0.3, -0.25) is 19.8 Å². The number of nitro groups is 1. The zero-order chi connectivity index (χ0) is 21.7. The number of nitrogens with zero attached hydrogens (tertiary/aromatic N) is 3. The monoisotopic (exact) mass is 432 g/mol. The highest BCUT2D eigenvalue weighted by Gasteiger charge is 2.24. The SMILES string of the molecule is CN(C)c1ccc(C(CNC(=O)c2ccc([N+](=O)[O-])cc2Cl)N2CCOCC2)cc1. The van der Waals surface area contributed by atoms with Crippen LogP contribution in [0.1, 0.15) is 22.0 Å². The summed E-state index contributed by atoms with van der Waals surface area (Å²) in [5, 5.41) is 13.9. The minimum atomic E-state index is -0.542. The molecule has 9 heteroatoms. The predicted molar refractivity (Wildman–Crippen MR) is 116 cm³/mol. The van der Waals surface area contributed by atoms with Gasteiger partial charge in [0.1, 0.15) is 0 Å². The van der Waals surface area contributed by atoms with Crippen LogP contribution in [0.3, 0.4) is 0 Å². The Kier molecular flexibility index (Phi) is 7.25. The van der Waals surface area contributed by atoms with Crippen LogP contribution in [0, 0.1) is 10.1 Å². The van der Waals surface area contributed by atoms with Crippen LogP contribution < -0.4 is 10.2 Å². The number of nitro benzene ring substituents is 1. The molecule has 0 spiro atoms. The summed E-state index contributed by atoms with van der Waals surface area (Å²) in [6.07, 6.45) is 0. The second-order valence-corrected chi connectivity index (χ2v) is 7.69. The molecule has 30 heavy (non-hydrogen) atoms. The average Bonchev–Trinajstić information content (AvgIpc) is 2.74. The van der Waals surface area contributed by atoms with Crippen molar-refractivity contribution < 1.29 is 14.5 Å². The number of amides is 1. The highest BCUT2D eigenvalue weighted by molar-refractivity contribution is 6.34. The Morgan fingerprint density at radius 1 is 1.23 bits per heavy atom. The lowest BCUT2D eigenvalue weighted by Gasteiger charge is -2.35. The third-order valence-electron chi connectivity index (χ3n) is 5.14. The summed E-state index contributed by atoms with van der Waals surface area (Å²) in [6, 6.07) is 12.1. The lowest BCUT2D eigenvalue weighted by molar-refractivity contribution is -0.384. The molecule has 1 heterocycles. The molecular formula is C21H25ClN4O4. The van der Waals surface area contributed by atoms with Crippen LogP contribution >= 0.6 is 11.6 Å². The van der Waals surface area contributed by atoms with Crippen LogP contribution in [0.15, 0.2) is 42.5 Å². The van der Waals surface area contributed by atoms with Gasteiger partial charge in [0.2, 0.25) is 0 Å². The van der Waals surface area contributed by atoms with Crippen LogP contribution in [-0.4, -0.2) is 62.7 Å². The fraction of sp³-hybridized carbons (Fsp3) is 0.381. The van der Waals surface area contributed by atoms with Crippen LogP contribution in [0.2, 0.25) is 5.02 Å². The summed E-state index contributed by atoms with van der Waals surface area (Å²) in [7, 11) is 3.98. The number of non-ortho nitro benzene ring substituents is 1. The van der Waals surface area contributed by atoms with Crippen molar-refractivity contribution in [2.24, 2.45) is 0 Å². The molecule has 1 unspecified atom stereocenters. The molecule has 8 nitrogen and oxygen atoms in total. The van der Waals surface area contributed by atoms with Gasteiger partial charge in [0.05, 0.1) is 34.8 Å². The van der Waals surface area contributed by atoms with Crippen molar-refractivity contribution in [3.8, 4) is 0 Å². The number of ether oxygens (including phenoxy) is 1. The molecule has 0 aromatic heterocycles. The maximum Gasteiger partial charge on any atom is 0.270 e. The fourth-order valence-electron chi connectivity index (χ4n) is 3.43. The third kappa shape index (κ3) is 5.27. The van der Waals surface area contributed by atoms with E-state index in [1.54, 1.807) is 0 Å². The zero-order valence-electron chi connectivity index (χ0n) is 17.0. The molecule has 3 rings (SSSR count). The number of hydrogen-bond acceptors (Lipinski definition) is 6. The maximum absolute atomic E-state index is 12.7. The van der Waals surface area contributed by atoms with Gasteiger partial charge < -0.3 is 15.0 Å². The molecule has 1 amide bonds. The smallest absolute Gasteiger partial charge is 0.270 e. The molecule has 2 aromatic carbocycles. The van der Waals surface area contributed by atoms with Gasteiger partial charge in [0.15, 0.2) is 0 Å². The van der Waals surface area contributed by atoms with Gasteiger partial charge in [-0.1, -0.05) is 23.7 Å². The molecule has 1 aliphatic rings. The molecule has 1 fully saturated rings. The van der Waals surface area contributed by atoms with E-state index in [1.807, 2.05) is 19.0 Å². The molecule has 1 saturated heterocycles. The van der Waals surface area contributed by atoms with E-state index in [1.165, 1.54) is 18.2 Å². The highest BCUT2D eigenvalue weighted by Crippen LogP contribution is 2.25. The lowest BCUT2D eigenvalue weighted by Crippen LogP contribution is -2.43. The summed E-state index contributed by atoms with van der Waals surface area (Å²) >= 11 is 6.10. The molecule has 0 aliphatic carbocycles. The lowest BCUT2D eigenvalue weighted by atomic mass is 10.0. The second kappa shape index (κ2) is 9.88. The summed E-state index contributed by atoms with van der Waals surface area (Å²) in [5.41, 5.74) is 2.26. The molecule has 1 aliphatic heterocycles. The second-order valence-electron chi connectivity index (χ2n) is 7.28. The van der Waals surface area contributed by atoms with Crippen molar-refractivity contribution >= 4 is 28.9 Å². The standard InChI is InChI=1S/C21H25ClN4O4/c1-24(2)16-5-3-15(4-6-16)20(25-9-11-30-12-10-25)14-23-21(27)18-8-7-17(26(28)29)13-19(18)22/h3-8,13,20H,9-12,14H2,1-2H3,(H,23,27). The highest BCUT2D eigenvalue weighted by atomic mass is 35.5. The maximum atomic E-state index is 12.7. The third-order valence-corrected chi connectivity index (χ3v) is 5.46. The summed E-state index contributed by atoms with van der Waals surface area (Å²) in [4.78, 5) is 27.3. The number of carbonyl (C=O) groups excluding carboxylic acids is 1. The number of hydrogen-bond donors (Lipinski definition) is 1. The average molecular weight is 433 g/mol. The Labute approximate surface area is 180 Å². The van der Waals surface area contributed by atoms with Crippen molar-refractivity contribution in [1.82, 2.24) is 10.2 Å². The van der Waals surface area contributed by atoms with E-state index in [4.69, 9.17) is 16.3 Å². The van der Waals surface area contributed by atoms with Crippen molar-refractivity contribution in [2.45, 2.75) is 6.04 Å². The zero-order valence-corrected chi connectivity index (χ0v) is 17.8. The first kappa shape index (κ1) is 22.0. The van der Waals surface area contributed by atoms with E-state index < -0.39 is 4.92 Å². The Bertz CT molecular complexity index is 898. The number of halogens is 1. The van der Waals surface area contributed by atoms with Gasteiger partial charge in [-0.05, 0) is 23.8 Å². The first-order valence-corrected chi connectivity index (χ1v) is 10.1. The van der Waals surface area contributed by atoms with E-state index in [9.17, 15) is 14.9 Å². The molecule has 0 radical (unpaired) electrons. The van der Waals surface area contributed by atoms with E-state index in [-0.39, 0.29) is 28.2 Å². The Hall–Kier alpha value is -2.68. The van der Waals surface area contributed by atoms with Gasteiger partial charge in [0.25, 0.3) is 11.6 Å². The van der Waals surface area contributed by atoms with Gasteiger partial charge in [-0.2, -0.15) is 0 Å². The van der Waals surface area contributed by atoms with Crippen molar-refractivity contribution in [2.75, 3.05) is 51.8 Å². The van der Waals surface area contributed by atoms with Crippen LogP contribution in [-0.2, 0) is 4.74 Å². The van der Waals surface area contributed by atoms with E-state index >= 15 is 0 Å². The van der Waals surface area contributed by atoms with Gasteiger partial charge in [-0.15, -0.1) is 0 Å². The Morgan fingerprint density at radius 3 is 2.47 bits per heavy atom. The first-order valence-electron chi connectivity index (χ1n) is 9.68. The summed E-state index contributed by atoms with van der Waals surface area (Å²) in [6.45, 7) is 3.22. The minimum Gasteiger partial charge on any atom is -0.379 e. The van der Waals surface area contributed by atoms with Crippen LogP contribution in [0.5, 0.6) is 0 Å². The largest absolute Gasteiger partial charge is 0.379 e. The summed E-state index contributed by atoms with van der Waals surface area (Å²) < 4.78 is 5.47. The van der Waals surface area contributed by atoms with Crippen molar-refractivity contribution in [3.05, 3.63) is 68.7 Å². The van der Waals surface area contributed by atoms with Gasteiger partial charge in [0, 0.05) is 51.5 Å². The topological polar surface area (TPSA) is 88.0 Å². The molecule has 160 valence electrons. The number of benzene rings is 2.